The summed E-state index contributed by atoms with van der Waals surface area (Å²) in [6, 6.07) is 10.7. The first-order valence-corrected chi connectivity index (χ1v) is 10.5. The number of carbonyl (C=O) groups excluding carboxylic acids is 2. The van der Waals surface area contributed by atoms with Crippen LogP contribution in [-0.4, -0.2) is 38.2 Å². The number of rotatable bonds is 7. The molecule has 0 aliphatic heterocycles. The second-order valence-corrected chi connectivity index (χ2v) is 9.22. The predicted octanol–water partition coefficient (Wildman–Crippen LogP) is 3.22. The van der Waals surface area contributed by atoms with E-state index in [1.54, 1.807) is 14.0 Å². The number of benzene rings is 1. The highest BCUT2D eigenvalue weighted by Gasteiger charge is 2.61. The van der Waals surface area contributed by atoms with Crippen LogP contribution in [0.5, 0.6) is 0 Å². The van der Waals surface area contributed by atoms with Crippen molar-refractivity contribution in [2.75, 3.05) is 20.3 Å². The van der Waals surface area contributed by atoms with E-state index in [2.05, 4.69) is 35.6 Å². The molecule has 4 bridgehead atoms. The highest BCUT2D eigenvalue weighted by Crippen LogP contribution is 2.66. The summed E-state index contributed by atoms with van der Waals surface area (Å²) in [5.41, 5.74) is 1.03. The first-order valence-electron chi connectivity index (χ1n) is 10.5. The molecule has 0 saturated heterocycles. The molecule has 0 heterocycles. The van der Waals surface area contributed by atoms with E-state index in [9.17, 15) is 9.59 Å². The van der Waals surface area contributed by atoms with Gasteiger partial charge in [-0.2, -0.15) is 0 Å². The zero-order valence-corrected chi connectivity index (χ0v) is 16.9. The number of hydrogen-bond donors (Lipinski definition) is 1. The molecule has 4 saturated carbocycles. The molecular weight excluding hydrogens is 354 g/mol. The Balaban J connectivity index is 1.50. The molecule has 4 fully saturated rings. The summed E-state index contributed by atoms with van der Waals surface area (Å²) in [7, 11) is 1.59. The molecule has 5 nitrogen and oxygen atoms in total. The van der Waals surface area contributed by atoms with E-state index in [0.29, 0.717) is 25.0 Å². The Bertz CT molecular complexity index is 717. The van der Waals surface area contributed by atoms with Crippen LogP contribution in [0.1, 0.15) is 51.0 Å². The molecule has 0 aromatic heterocycles. The lowest BCUT2D eigenvalue weighted by Gasteiger charge is -2.61. The molecule has 1 N–H and O–H groups in total. The second-order valence-electron chi connectivity index (χ2n) is 9.22. The Hall–Kier alpha value is -1.88. The van der Waals surface area contributed by atoms with Gasteiger partial charge < -0.3 is 14.8 Å². The normalized spacial score (nSPS) is 34.1. The third-order valence-corrected chi connectivity index (χ3v) is 7.14. The van der Waals surface area contributed by atoms with Gasteiger partial charge in [-0.1, -0.05) is 30.3 Å². The smallest absolute Gasteiger partial charge is 0.312 e. The van der Waals surface area contributed by atoms with Gasteiger partial charge in [0, 0.05) is 13.7 Å². The molecule has 0 spiro atoms. The van der Waals surface area contributed by atoms with Crippen molar-refractivity contribution in [1.82, 2.24) is 5.32 Å². The third-order valence-electron chi connectivity index (χ3n) is 7.14. The average molecular weight is 386 g/mol. The Morgan fingerprint density at radius 3 is 2.46 bits per heavy atom. The van der Waals surface area contributed by atoms with Crippen molar-refractivity contribution in [2.24, 2.45) is 17.3 Å². The summed E-state index contributed by atoms with van der Waals surface area (Å²) < 4.78 is 10.7. The minimum Gasteiger partial charge on any atom is -0.452 e. The van der Waals surface area contributed by atoms with Crippen molar-refractivity contribution in [2.45, 2.75) is 57.0 Å². The first-order chi connectivity index (χ1) is 13.5. The molecule has 28 heavy (non-hydrogen) atoms. The van der Waals surface area contributed by atoms with E-state index in [-0.39, 0.29) is 17.3 Å². The summed E-state index contributed by atoms with van der Waals surface area (Å²) in [4.78, 5) is 25.5. The van der Waals surface area contributed by atoms with Crippen molar-refractivity contribution < 1.29 is 19.1 Å². The Labute approximate surface area is 167 Å². The van der Waals surface area contributed by atoms with Crippen molar-refractivity contribution in [1.29, 1.82) is 0 Å². The monoisotopic (exact) mass is 385 g/mol. The van der Waals surface area contributed by atoms with Crippen LogP contribution < -0.4 is 5.32 Å². The molecular formula is C23H31NO4. The van der Waals surface area contributed by atoms with Crippen LogP contribution in [0.25, 0.3) is 0 Å². The maximum absolute atomic E-state index is 13.3. The summed E-state index contributed by atoms with van der Waals surface area (Å²) in [5, 5.41) is 2.75. The van der Waals surface area contributed by atoms with Crippen molar-refractivity contribution >= 4 is 11.9 Å². The topological polar surface area (TPSA) is 64.6 Å². The van der Waals surface area contributed by atoms with Gasteiger partial charge in [0.15, 0.2) is 6.10 Å². The van der Waals surface area contributed by atoms with Crippen LogP contribution in [0.4, 0.5) is 0 Å². The van der Waals surface area contributed by atoms with Crippen LogP contribution >= 0.6 is 0 Å². The number of carbonyl (C=O) groups is 2. The fourth-order valence-electron chi connectivity index (χ4n) is 6.39. The predicted molar refractivity (Wildman–Crippen MR) is 106 cm³/mol. The van der Waals surface area contributed by atoms with Gasteiger partial charge in [-0.15, -0.1) is 0 Å². The summed E-state index contributed by atoms with van der Waals surface area (Å²) in [6.07, 6.45) is 5.49. The van der Waals surface area contributed by atoms with Gasteiger partial charge in [-0.25, -0.2) is 0 Å². The lowest BCUT2D eigenvalue weighted by molar-refractivity contribution is -0.180. The maximum Gasteiger partial charge on any atom is 0.312 e. The molecule has 5 heteroatoms. The Morgan fingerprint density at radius 2 is 1.82 bits per heavy atom. The minimum atomic E-state index is -0.773. The Morgan fingerprint density at radius 1 is 1.14 bits per heavy atom. The summed E-state index contributed by atoms with van der Waals surface area (Å²) >= 11 is 0. The first kappa shape index (κ1) is 19.4. The second kappa shape index (κ2) is 7.51. The molecule has 5 rings (SSSR count). The van der Waals surface area contributed by atoms with Crippen molar-refractivity contribution in [3.63, 3.8) is 0 Å². The lowest BCUT2D eigenvalue weighted by Crippen LogP contribution is -2.57. The van der Waals surface area contributed by atoms with Crippen LogP contribution in [0.15, 0.2) is 30.3 Å². The van der Waals surface area contributed by atoms with E-state index in [1.165, 1.54) is 24.8 Å². The van der Waals surface area contributed by atoms with Crippen molar-refractivity contribution in [3.05, 3.63) is 35.9 Å². The zero-order valence-electron chi connectivity index (χ0n) is 16.9. The SMILES string of the molecule is COCCNC(=O)[C@H](C)OC(=O)C12C[C@H]3C[C@@H](C1)CC(c1ccccc1)(C3)C2. The highest BCUT2D eigenvalue weighted by atomic mass is 16.5. The third kappa shape index (κ3) is 3.45. The van der Waals surface area contributed by atoms with E-state index in [4.69, 9.17) is 9.47 Å². The number of esters is 1. The molecule has 1 aromatic rings. The number of hydrogen-bond acceptors (Lipinski definition) is 4. The van der Waals surface area contributed by atoms with Gasteiger partial charge in [0.05, 0.1) is 12.0 Å². The van der Waals surface area contributed by atoms with E-state index in [0.717, 1.165) is 19.3 Å². The van der Waals surface area contributed by atoms with E-state index < -0.39 is 11.5 Å². The molecule has 1 amide bonds. The molecule has 152 valence electrons. The van der Waals surface area contributed by atoms with Gasteiger partial charge in [0.2, 0.25) is 0 Å². The molecule has 4 aliphatic rings. The van der Waals surface area contributed by atoms with E-state index in [1.807, 2.05) is 0 Å². The molecule has 4 aliphatic carbocycles. The Kier molecular flexibility index (Phi) is 5.21. The fourth-order valence-corrected chi connectivity index (χ4v) is 6.39. The zero-order chi connectivity index (χ0) is 19.8. The van der Waals surface area contributed by atoms with Crippen LogP contribution in [-0.2, 0) is 24.5 Å². The van der Waals surface area contributed by atoms with Gasteiger partial charge in [0.25, 0.3) is 5.91 Å². The van der Waals surface area contributed by atoms with Gasteiger partial charge in [0.1, 0.15) is 0 Å². The standard InChI is InChI=1S/C23H31NO4/c1-16(20(25)24-8-9-27-2)28-21(26)23-13-17-10-18(14-23)12-22(11-17,15-23)19-6-4-3-5-7-19/h3-7,16-18H,8-15H2,1-2H3,(H,24,25)/t16-,17-,18+,22?,23?/m0/s1. The van der Waals surface area contributed by atoms with Crippen LogP contribution in [0.2, 0.25) is 0 Å². The lowest BCUT2D eigenvalue weighted by atomic mass is 9.43. The van der Waals surface area contributed by atoms with Crippen molar-refractivity contribution in [3.8, 4) is 0 Å². The molecule has 1 aromatic carbocycles. The van der Waals surface area contributed by atoms with Crippen LogP contribution in [0, 0.1) is 17.3 Å². The number of amides is 1. The largest absolute Gasteiger partial charge is 0.452 e. The molecule has 2 unspecified atom stereocenters. The fraction of sp³-hybridized carbons (Fsp3) is 0.652. The molecule has 5 atom stereocenters. The number of nitrogens with one attached hydrogen (secondary N) is 1. The van der Waals surface area contributed by atoms with Gasteiger partial charge >= 0.3 is 5.97 Å². The average Bonchev–Trinajstić information content (AvgIpc) is 2.67. The number of methoxy groups -OCH3 is 1. The summed E-state index contributed by atoms with van der Waals surface area (Å²) in [5.74, 6) is 0.740. The number of ether oxygens (including phenoxy) is 2. The van der Waals surface area contributed by atoms with Crippen LogP contribution in [0.3, 0.4) is 0 Å². The van der Waals surface area contributed by atoms with E-state index >= 15 is 0 Å². The highest BCUT2D eigenvalue weighted by molar-refractivity contribution is 5.85. The summed E-state index contributed by atoms with van der Waals surface area (Å²) in [6.45, 7) is 2.52. The quantitative estimate of drug-likeness (QED) is 0.578. The maximum atomic E-state index is 13.3. The van der Waals surface area contributed by atoms with Gasteiger partial charge in [-0.05, 0) is 68.3 Å². The molecule has 0 radical (unpaired) electrons. The minimum absolute atomic E-state index is 0.0916. The van der Waals surface area contributed by atoms with Gasteiger partial charge in [-0.3, -0.25) is 9.59 Å².